The Balaban J connectivity index is 2.88. The van der Waals surface area contributed by atoms with Crippen LogP contribution < -0.4 is 0 Å². The van der Waals surface area contributed by atoms with Gasteiger partial charge in [0, 0.05) is 23.0 Å². The average molecular weight is 216 g/mol. The van der Waals surface area contributed by atoms with Gasteiger partial charge in [0.25, 0.3) is 0 Å². The molecule has 1 heterocycles. The highest BCUT2D eigenvalue weighted by Gasteiger charge is 2.12. The van der Waals surface area contributed by atoms with Crippen LogP contribution >= 0.6 is 11.6 Å². The molecule has 1 N–H and O–H groups in total. The Labute approximate surface area is 84.7 Å². The SMILES string of the molecule is Cc1[nH]c2cc(F)cc(F)c2c1CCl. The molecule has 0 radical (unpaired) electrons. The van der Waals surface area contributed by atoms with E-state index in [1.165, 1.54) is 6.07 Å². The first-order chi connectivity index (χ1) is 6.63. The lowest BCUT2D eigenvalue weighted by atomic mass is 10.1. The van der Waals surface area contributed by atoms with Crippen LogP contribution in [0.1, 0.15) is 11.3 Å². The lowest BCUT2D eigenvalue weighted by Crippen LogP contribution is -1.84. The van der Waals surface area contributed by atoms with E-state index in [0.717, 1.165) is 11.8 Å². The smallest absolute Gasteiger partial charge is 0.135 e. The number of alkyl halides is 1. The van der Waals surface area contributed by atoms with Crippen LogP contribution in [-0.4, -0.2) is 4.98 Å². The third-order valence-electron chi connectivity index (χ3n) is 2.27. The van der Waals surface area contributed by atoms with Crippen molar-refractivity contribution in [1.29, 1.82) is 0 Å². The molecule has 0 spiro atoms. The molecule has 4 heteroatoms. The highest BCUT2D eigenvalue weighted by atomic mass is 35.5. The zero-order valence-electron chi connectivity index (χ0n) is 7.50. The number of benzene rings is 1. The quantitative estimate of drug-likeness (QED) is 0.701. The number of rotatable bonds is 1. The summed E-state index contributed by atoms with van der Waals surface area (Å²) in [5.74, 6) is -0.939. The summed E-state index contributed by atoms with van der Waals surface area (Å²) in [4.78, 5) is 2.90. The molecule has 0 unspecified atom stereocenters. The molecule has 0 saturated heterocycles. The van der Waals surface area contributed by atoms with Gasteiger partial charge in [0.2, 0.25) is 0 Å². The number of fused-ring (bicyclic) bond motifs is 1. The van der Waals surface area contributed by atoms with Gasteiger partial charge in [-0.25, -0.2) is 8.78 Å². The third-order valence-corrected chi connectivity index (χ3v) is 2.53. The number of H-pyrrole nitrogens is 1. The summed E-state index contributed by atoms with van der Waals surface area (Å²) in [5.41, 5.74) is 1.93. The normalized spacial score (nSPS) is 11.1. The number of nitrogens with one attached hydrogen (secondary N) is 1. The van der Waals surface area contributed by atoms with Crippen LogP contribution in [0.3, 0.4) is 0 Å². The summed E-state index contributed by atoms with van der Waals surface area (Å²) < 4.78 is 26.2. The van der Waals surface area contributed by atoms with Gasteiger partial charge in [-0.1, -0.05) is 0 Å². The van der Waals surface area contributed by atoms with Crippen LogP contribution in [0.4, 0.5) is 8.78 Å². The van der Waals surface area contributed by atoms with E-state index in [2.05, 4.69) is 4.98 Å². The van der Waals surface area contributed by atoms with Crippen molar-refractivity contribution in [3.63, 3.8) is 0 Å². The molecule has 0 aliphatic carbocycles. The van der Waals surface area contributed by atoms with Crippen LogP contribution in [0, 0.1) is 18.6 Å². The molecular formula is C10H8ClF2N. The Bertz CT molecular complexity index is 490. The van der Waals surface area contributed by atoms with Gasteiger partial charge in [0.05, 0.1) is 5.52 Å². The number of hydrogen-bond donors (Lipinski definition) is 1. The molecular weight excluding hydrogens is 208 g/mol. The largest absolute Gasteiger partial charge is 0.358 e. The van der Waals surface area contributed by atoms with Crippen molar-refractivity contribution < 1.29 is 8.78 Å². The van der Waals surface area contributed by atoms with E-state index >= 15 is 0 Å². The standard InChI is InChI=1S/C10H8ClF2N/c1-5-7(4-11)10-8(13)2-6(12)3-9(10)14-5/h2-3,14H,4H2,1H3. The van der Waals surface area contributed by atoms with E-state index in [-0.39, 0.29) is 5.88 Å². The van der Waals surface area contributed by atoms with Crippen LogP contribution in [0.5, 0.6) is 0 Å². The monoisotopic (exact) mass is 215 g/mol. The maximum absolute atomic E-state index is 13.4. The Morgan fingerprint density at radius 3 is 2.71 bits per heavy atom. The summed E-state index contributed by atoms with van der Waals surface area (Å²) in [6.45, 7) is 1.79. The first kappa shape index (κ1) is 9.46. The Morgan fingerprint density at radius 1 is 1.36 bits per heavy atom. The molecule has 14 heavy (non-hydrogen) atoms. The van der Waals surface area contributed by atoms with E-state index in [1.807, 2.05) is 0 Å². The van der Waals surface area contributed by atoms with Crippen molar-refractivity contribution in [2.75, 3.05) is 0 Å². The summed E-state index contributed by atoms with van der Waals surface area (Å²) in [6.07, 6.45) is 0. The number of aromatic amines is 1. The molecule has 2 aromatic rings. The van der Waals surface area contributed by atoms with Gasteiger partial charge < -0.3 is 4.98 Å². The van der Waals surface area contributed by atoms with Crippen molar-refractivity contribution in [3.8, 4) is 0 Å². The number of aromatic nitrogens is 1. The fourth-order valence-electron chi connectivity index (χ4n) is 1.61. The molecule has 0 aliphatic rings. The second-order valence-electron chi connectivity index (χ2n) is 3.17. The average Bonchev–Trinajstić information content (AvgIpc) is 2.40. The highest BCUT2D eigenvalue weighted by molar-refractivity contribution is 6.18. The summed E-state index contributed by atoms with van der Waals surface area (Å²) in [5, 5.41) is 0.388. The van der Waals surface area contributed by atoms with Crippen molar-refractivity contribution in [3.05, 3.63) is 35.0 Å². The van der Waals surface area contributed by atoms with Gasteiger partial charge >= 0.3 is 0 Å². The predicted molar refractivity (Wildman–Crippen MR) is 52.5 cm³/mol. The minimum atomic E-state index is -0.586. The second kappa shape index (κ2) is 3.24. The fourth-order valence-corrected chi connectivity index (χ4v) is 1.94. The van der Waals surface area contributed by atoms with Gasteiger partial charge in [-0.05, 0) is 18.6 Å². The minimum Gasteiger partial charge on any atom is -0.358 e. The number of hydrogen-bond acceptors (Lipinski definition) is 0. The molecule has 1 aromatic heterocycles. The molecule has 0 aliphatic heterocycles. The maximum atomic E-state index is 13.4. The topological polar surface area (TPSA) is 15.8 Å². The number of halogens is 3. The summed E-state index contributed by atoms with van der Waals surface area (Å²) in [7, 11) is 0. The lowest BCUT2D eigenvalue weighted by molar-refractivity contribution is 0.592. The first-order valence-electron chi connectivity index (χ1n) is 4.15. The molecule has 2 rings (SSSR count). The molecule has 0 amide bonds. The number of aryl methyl sites for hydroxylation is 1. The van der Waals surface area contributed by atoms with Gasteiger partial charge in [-0.3, -0.25) is 0 Å². The van der Waals surface area contributed by atoms with E-state index in [9.17, 15) is 8.78 Å². The van der Waals surface area contributed by atoms with Crippen LogP contribution in [0.2, 0.25) is 0 Å². The second-order valence-corrected chi connectivity index (χ2v) is 3.44. The van der Waals surface area contributed by atoms with E-state index in [0.29, 0.717) is 16.5 Å². The third kappa shape index (κ3) is 1.28. The van der Waals surface area contributed by atoms with Gasteiger partial charge in [0.1, 0.15) is 11.6 Å². The summed E-state index contributed by atoms with van der Waals surface area (Å²) in [6, 6.07) is 2.13. The Morgan fingerprint density at radius 2 is 2.07 bits per heavy atom. The molecule has 74 valence electrons. The van der Waals surface area contributed by atoms with E-state index < -0.39 is 11.6 Å². The zero-order chi connectivity index (χ0) is 10.3. The van der Waals surface area contributed by atoms with Crippen molar-refractivity contribution >= 4 is 22.5 Å². The highest BCUT2D eigenvalue weighted by Crippen LogP contribution is 2.27. The van der Waals surface area contributed by atoms with Gasteiger partial charge in [0.15, 0.2) is 0 Å². The van der Waals surface area contributed by atoms with E-state index in [1.54, 1.807) is 6.92 Å². The van der Waals surface area contributed by atoms with Crippen molar-refractivity contribution in [2.24, 2.45) is 0 Å². The van der Waals surface area contributed by atoms with Crippen LogP contribution in [0.15, 0.2) is 12.1 Å². The Kier molecular flexibility index (Phi) is 2.19. The fraction of sp³-hybridized carbons (Fsp3) is 0.200. The van der Waals surface area contributed by atoms with Gasteiger partial charge in [-0.15, -0.1) is 11.6 Å². The molecule has 1 aromatic carbocycles. The molecule has 1 nitrogen and oxygen atoms in total. The van der Waals surface area contributed by atoms with E-state index in [4.69, 9.17) is 11.6 Å². The maximum Gasteiger partial charge on any atom is 0.135 e. The Hall–Kier alpha value is -1.09. The molecule has 0 atom stereocenters. The molecule has 0 bridgehead atoms. The zero-order valence-corrected chi connectivity index (χ0v) is 8.25. The molecule has 0 fully saturated rings. The van der Waals surface area contributed by atoms with Crippen LogP contribution in [-0.2, 0) is 5.88 Å². The van der Waals surface area contributed by atoms with Crippen LogP contribution in [0.25, 0.3) is 10.9 Å². The lowest BCUT2D eigenvalue weighted by Gasteiger charge is -1.96. The van der Waals surface area contributed by atoms with Gasteiger partial charge in [-0.2, -0.15) is 0 Å². The summed E-state index contributed by atoms with van der Waals surface area (Å²) >= 11 is 5.68. The predicted octanol–water partition coefficient (Wildman–Crippen LogP) is 3.49. The first-order valence-corrected chi connectivity index (χ1v) is 4.69. The van der Waals surface area contributed by atoms with Crippen molar-refractivity contribution in [1.82, 2.24) is 4.98 Å². The molecule has 0 saturated carbocycles. The van der Waals surface area contributed by atoms with Crippen molar-refractivity contribution in [2.45, 2.75) is 12.8 Å². The minimum absolute atomic E-state index is 0.217.